The second kappa shape index (κ2) is 7.26. The highest BCUT2D eigenvalue weighted by Gasteiger charge is 2.52. The zero-order valence-corrected chi connectivity index (χ0v) is 13.9. The molecule has 1 saturated heterocycles. The van der Waals surface area contributed by atoms with Gasteiger partial charge < -0.3 is 30.3 Å². The summed E-state index contributed by atoms with van der Waals surface area (Å²) in [5, 5.41) is 30.2. The smallest absolute Gasteiger partial charge is 0.337 e. The molecule has 1 unspecified atom stereocenters. The maximum atomic E-state index is 11.8. The Morgan fingerprint density at radius 2 is 2.26 bits per heavy atom. The van der Waals surface area contributed by atoms with Gasteiger partial charge in [0.05, 0.1) is 12.9 Å². The Bertz CT molecular complexity index is 858. The Balaban J connectivity index is 1.96. The number of anilines is 1. The van der Waals surface area contributed by atoms with E-state index in [1.54, 1.807) is 0 Å². The van der Waals surface area contributed by atoms with Crippen LogP contribution in [0.15, 0.2) is 12.7 Å². The molecule has 1 aliphatic heterocycles. The van der Waals surface area contributed by atoms with Gasteiger partial charge in [-0.3, -0.25) is 4.57 Å². The molecular formula is C13H16N6O8. The van der Waals surface area contributed by atoms with Gasteiger partial charge in [0.2, 0.25) is 0 Å². The summed E-state index contributed by atoms with van der Waals surface area (Å²) in [4.78, 5) is 38.8. The summed E-state index contributed by atoms with van der Waals surface area (Å²) in [7, 11) is 0. The highest BCUT2D eigenvalue weighted by molar-refractivity contribution is 5.81. The molecule has 0 aliphatic carbocycles. The number of imidazole rings is 1. The Morgan fingerprint density at radius 3 is 2.93 bits per heavy atom. The van der Waals surface area contributed by atoms with Gasteiger partial charge in [0.1, 0.15) is 24.1 Å². The molecule has 14 nitrogen and oxygen atoms in total. The summed E-state index contributed by atoms with van der Waals surface area (Å²) >= 11 is 0. The molecule has 1 fully saturated rings. The topological polar surface area (TPSA) is 198 Å². The zero-order valence-electron chi connectivity index (χ0n) is 13.9. The Morgan fingerprint density at radius 1 is 1.52 bits per heavy atom. The molecule has 14 heteroatoms. The summed E-state index contributed by atoms with van der Waals surface area (Å²) in [6, 6.07) is 0. The van der Waals surface area contributed by atoms with Crippen molar-refractivity contribution < 1.29 is 34.4 Å². The summed E-state index contributed by atoms with van der Waals surface area (Å²) in [6.45, 7) is 1.49. The molecule has 146 valence electrons. The fraction of sp³-hybridized carbons (Fsp3) is 0.538. The van der Waals surface area contributed by atoms with Crippen molar-refractivity contribution in [3.63, 3.8) is 0 Å². The van der Waals surface area contributed by atoms with Crippen molar-refractivity contribution in [2.24, 2.45) is 0 Å². The minimum Gasteiger partial charge on any atom is -0.464 e. The van der Waals surface area contributed by atoms with Crippen LogP contribution in [0.5, 0.6) is 0 Å². The average Bonchev–Trinajstić information content (AvgIpc) is 3.17. The van der Waals surface area contributed by atoms with Crippen molar-refractivity contribution in [2.45, 2.75) is 37.6 Å². The molecule has 0 aromatic carbocycles. The molecule has 3 rings (SSSR count). The number of nitrogen functional groups attached to an aromatic ring is 1. The number of aromatic nitrogens is 4. The molecule has 3 heterocycles. The number of esters is 1. The van der Waals surface area contributed by atoms with Crippen LogP contribution in [0, 0.1) is 10.1 Å². The fourth-order valence-corrected chi connectivity index (χ4v) is 2.80. The van der Waals surface area contributed by atoms with E-state index in [9.17, 15) is 25.1 Å². The van der Waals surface area contributed by atoms with Crippen molar-refractivity contribution in [2.75, 3.05) is 12.3 Å². The molecule has 0 spiro atoms. The number of carbonyl (C=O) groups is 1. The van der Waals surface area contributed by atoms with Crippen LogP contribution in [0.2, 0.25) is 0 Å². The van der Waals surface area contributed by atoms with Crippen LogP contribution < -0.4 is 5.73 Å². The second-order valence-corrected chi connectivity index (χ2v) is 5.56. The monoisotopic (exact) mass is 384 g/mol. The number of nitrogens with two attached hydrogens (primary N) is 1. The van der Waals surface area contributed by atoms with Gasteiger partial charge in [-0.1, -0.05) is 0 Å². The fourth-order valence-electron chi connectivity index (χ4n) is 2.80. The first-order valence-corrected chi connectivity index (χ1v) is 7.77. The maximum Gasteiger partial charge on any atom is 0.337 e. The molecule has 1 aliphatic rings. The van der Waals surface area contributed by atoms with Crippen LogP contribution in [-0.4, -0.2) is 71.8 Å². The van der Waals surface area contributed by atoms with E-state index in [1.807, 2.05) is 0 Å². The zero-order chi connectivity index (χ0) is 19.7. The lowest BCUT2D eigenvalue weighted by Crippen LogP contribution is -2.45. The molecule has 5 atom stereocenters. The Labute approximate surface area is 150 Å². The highest BCUT2D eigenvalue weighted by atomic mass is 17.0. The third-order valence-corrected chi connectivity index (χ3v) is 3.96. The SMILES string of the molecule is CCOC(=O)C(O)[C@H]1O[C@@H](n2cnc3c(N)ncnc32)[C@H](O)[C@@H]1O[N+](=O)[O-]. The van der Waals surface area contributed by atoms with Crippen LogP contribution in [0.1, 0.15) is 13.2 Å². The van der Waals surface area contributed by atoms with Crippen LogP contribution in [0.4, 0.5) is 5.82 Å². The molecule has 0 saturated carbocycles. The standard InChI is InChI=1S/C13H16N6O8/c1-2-25-13(22)7(21)8-9(27-19(23)24)6(20)12(26-8)18-4-17-5-10(14)15-3-16-11(5)18/h3-4,6-9,12,20-21H,2H2,1H3,(H2,14,15,16)/t6-,7?,8-,9+,12-/m1/s1. The molecule has 4 N–H and O–H groups in total. The van der Waals surface area contributed by atoms with Gasteiger partial charge in [-0.2, -0.15) is 0 Å². The molecule has 0 radical (unpaired) electrons. The number of nitrogens with zero attached hydrogens (tertiary/aromatic N) is 5. The Kier molecular flexibility index (Phi) is 5.02. The second-order valence-electron chi connectivity index (χ2n) is 5.56. The van der Waals surface area contributed by atoms with Gasteiger partial charge in [0, 0.05) is 0 Å². The number of hydrogen-bond acceptors (Lipinski definition) is 12. The Hall–Kier alpha value is -3.10. The minimum atomic E-state index is -1.93. The maximum absolute atomic E-state index is 11.8. The normalized spacial score (nSPS) is 26.0. The summed E-state index contributed by atoms with van der Waals surface area (Å²) in [5.74, 6) is -0.998. The van der Waals surface area contributed by atoms with E-state index in [0.29, 0.717) is 0 Å². The number of fused-ring (bicyclic) bond motifs is 1. The van der Waals surface area contributed by atoms with Gasteiger partial charge in [0.15, 0.2) is 29.9 Å². The van der Waals surface area contributed by atoms with Gasteiger partial charge in [0.25, 0.3) is 5.09 Å². The lowest BCUT2D eigenvalue weighted by molar-refractivity contribution is -0.771. The highest BCUT2D eigenvalue weighted by Crippen LogP contribution is 2.35. The van der Waals surface area contributed by atoms with Crippen LogP contribution in [0.25, 0.3) is 11.2 Å². The molecular weight excluding hydrogens is 368 g/mol. The average molecular weight is 384 g/mol. The van der Waals surface area contributed by atoms with E-state index in [0.717, 1.165) is 6.33 Å². The van der Waals surface area contributed by atoms with Crippen molar-refractivity contribution >= 4 is 23.0 Å². The van der Waals surface area contributed by atoms with Gasteiger partial charge in [-0.25, -0.2) is 19.7 Å². The van der Waals surface area contributed by atoms with E-state index in [4.69, 9.17) is 10.5 Å². The predicted octanol–water partition coefficient (Wildman–Crippen LogP) is -1.83. The lowest BCUT2D eigenvalue weighted by atomic mass is 10.1. The first-order valence-electron chi connectivity index (χ1n) is 7.77. The van der Waals surface area contributed by atoms with E-state index in [-0.39, 0.29) is 23.6 Å². The van der Waals surface area contributed by atoms with Crippen molar-refractivity contribution in [3.8, 4) is 0 Å². The number of aliphatic hydroxyl groups excluding tert-OH is 2. The van der Waals surface area contributed by atoms with Crippen molar-refractivity contribution in [3.05, 3.63) is 22.8 Å². The lowest BCUT2D eigenvalue weighted by Gasteiger charge is -2.21. The molecule has 2 aromatic rings. The van der Waals surface area contributed by atoms with E-state index >= 15 is 0 Å². The van der Waals surface area contributed by atoms with Gasteiger partial charge in [-0.05, 0) is 6.92 Å². The molecule has 0 bridgehead atoms. The number of ether oxygens (including phenoxy) is 2. The molecule has 0 amide bonds. The summed E-state index contributed by atoms with van der Waals surface area (Å²) in [5.41, 5.74) is 6.09. The third-order valence-electron chi connectivity index (χ3n) is 3.96. The van der Waals surface area contributed by atoms with Crippen LogP contribution >= 0.6 is 0 Å². The first kappa shape index (κ1) is 18.7. The summed E-state index contributed by atoms with van der Waals surface area (Å²) in [6.07, 6.45) is -5.73. The van der Waals surface area contributed by atoms with Crippen LogP contribution in [-0.2, 0) is 19.1 Å². The number of rotatable bonds is 6. The van der Waals surface area contributed by atoms with Crippen molar-refractivity contribution in [1.82, 2.24) is 19.5 Å². The largest absolute Gasteiger partial charge is 0.464 e. The summed E-state index contributed by atoms with van der Waals surface area (Å²) < 4.78 is 11.4. The van der Waals surface area contributed by atoms with Crippen molar-refractivity contribution in [1.29, 1.82) is 0 Å². The molecule has 27 heavy (non-hydrogen) atoms. The molecule has 2 aromatic heterocycles. The predicted molar refractivity (Wildman–Crippen MR) is 84.2 cm³/mol. The number of carbonyl (C=O) groups excluding carboxylic acids is 1. The third kappa shape index (κ3) is 3.32. The van der Waals surface area contributed by atoms with E-state index < -0.39 is 41.7 Å². The van der Waals surface area contributed by atoms with Crippen LogP contribution in [0.3, 0.4) is 0 Å². The van der Waals surface area contributed by atoms with E-state index in [2.05, 4.69) is 24.5 Å². The number of aliphatic hydroxyl groups is 2. The quantitative estimate of drug-likeness (QED) is 0.286. The minimum absolute atomic E-state index is 0.0300. The first-order chi connectivity index (χ1) is 12.8. The van der Waals surface area contributed by atoms with E-state index in [1.165, 1.54) is 17.8 Å². The van der Waals surface area contributed by atoms with Gasteiger partial charge in [-0.15, -0.1) is 10.1 Å². The number of hydrogen-bond donors (Lipinski definition) is 3. The van der Waals surface area contributed by atoms with Gasteiger partial charge >= 0.3 is 5.97 Å².